The zero-order valence-corrected chi connectivity index (χ0v) is 17.5. The highest BCUT2D eigenvalue weighted by Crippen LogP contribution is 2.32. The van der Waals surface area contributed by atoms with Gasteiger partial charge in [-0.1, -0.05) is 24.3 Å². The first-order valence-electron chi connectivity index (χ1n) is 9.53. The van der Waals surface area contributed by atoms with Crippen molar-refractivity contribution in [3.63, 3.8) is 0 Å². The largest absolute Gasteiger partial charge is 0.452 e. The number of halogens is 3. The molecule has 7 nitrogen and oxygen atoms in total. The number of anilines is 3. The van der Waals surface area contributed by atoms with E-state index in [4.69, 9.17) is 4.74 Å². The lowest BCUT2D eigenvalue weighted by Crippen LogP contribution is -2.21. The third-order valence-electron chi connectivity index (χ3n) is 4.51. The lowest BCUT2D eigenvalue weighted by atomic mass is 10.1. The SMILES string of the molecule is O=C(COC(=O)c1ccccc1Nc1cccc(C(F)(F)F)c1)Nc1cccc2nsnc12. The average Bonchev–Trinajstić information content (AvgIpc) is 3.27. The molecule has 0 unspecified atom stereocenters. The Kier molecular flexibility index (Phi) is 6.22. The topological polar surface area (TPSA) is 93.2 Å². The van der Waals surface area contributed by atoms with E-state index in [1.165, 1.54) is 24.3 Å². The molecule has 0 aliphatic heterocycles. The molecule has 0 aliphatic carbocycles. The van der Waals surface area contributed by atoms with Gasteiger partial charge in [-0.15, -0.1) is 0 Å². The van der Waals surface area contributed by atoms with Crippen LogP contribution in [0.3, 0.4) is 0 Å². The molecule has 1 heterocycles. The van der Waals surface area contributed by atoms with Crippen molar-refractivity contribution in [2.24, 2.45) is 0 Å². The van der Waals surface area contributed by atoms with Crippen molar-refractivity contribution in [1.82, 2.24) is 8.75 Å². The molecule has 1 aromatic heterocycles. The van der Waals surface area contributed by atoms with Crippen molar-refractivity contribution >= 4 is 51.7 Å². The molecule has 11 heteroatoms. The number of alkyl halides is 3. The van der Waals surface area contributed by atoms with Crippen LogP contribution in [0.4, 0.5) is 30.2 Å². The third-order valence-corrected chi connectivity index (χ3v) is 5.05. The Morgan fingerprint density at radius 1 is 0.939 bits per heavy atom. The predicted octanol–water partition coefficient (Wildman–Crippen LogP) is 5.25. The second kappa shape index (κ2) is 9.25. The van der Waals surface area contributed by atoms with Crippen molar-refractivity contribution in [2.75, 3.05) is 17.2 Å². The van der Waals surface area contributed by atoms with E-state index in [1.807, 2.05) is 0 Å². The standard InChI is InChI=1S/C22H15F3N4O3S/c23-22(24,25)13-5-3-6-14(11-13)26-16-8-2-1-7-15(16)21(31)32-12-19(30)27-17-9-4-10-18-20(17)29-33-28-18/h1-11,26H,12H2,(H,27,30). The Labute approximate surface area is 189 Å². The molecular weight excluding hydrogens is 457 g/mol. The van der Waals surface area contributed by atoms with Gasteiger partial charge in [0, 0.05) is 5.69 Å². The monoisotopic (exact) mass is 472 g/mol. The second-order valence-electron chi connectivity index (χ2n) is 6.81. The Balaban J connectivity index is 1.43. The molecule has 2 N–H and O–H groups in total. The number of carbonyl (C=O) groups is 2. The highest BCUT2D eigenvalue weighted by molar-refractivity contribution is 7.00. The van der Waals surface area contributed by atoms with E-state index in [-0.39, 0.29) is 16.9 Å². The summed E-state index contributed by atoms with van der Waals surface area (Å²) in [5.74, 6) is -1.39. The molecule has 33 heavy (non-hydrogen) atoms. The fourth-order valence-corrected chi connectivity index (χ4v) is 3.55. The Morgan fingerprint density at radius 3 is 2.52 bits per heavy atom. The van der Waals surface area contributed by atoms with Crippen LogP contribution in [0, 0.1) is 0 Å². The Bertz CT molecular complexity index is 1320. The fourth-order valence-electron chi connectivity index (χ4n) is 3.00. The van der Waals surface area contributed by atoms with E-state index in [1.54, 1.807) is 30.3 Å². The van der Waals surface area contributed by atoms with Crippen LogP contribution >= 0.6 is 11.7 Å². The molecule has 0 atom stereocenters. The maximum atomic E-state index is 13.0. The van der Waals surface area contributed by atoms with Crippen LogP contribution in [-0.2, 0) is 15.7 Å². The minimum absolute atomic E-state index is 0.0634. The predicted molar refractivity (Wildman–Crippen MR) is 117 cm³/mol. The third kappa shape index (κ3) is 5.26. The van der Waals surface area contributed by atoms with Gasteiger partial charge in [0.25, 0.3) is 5.91 Å². The number of para-hydroxylation sites is 1. The number of carbonyl (C=O) groups excluding carboxylic acids is 2. The Hall–Kier alpha value is -3.99. The van der Waals surface area contributed by atoms with E-state index in [2.05, 4.69) is 19.4 Å². The van der Waals surface area contributed by atoms with Gasteiger partial charge in [-0.3, -0.25) is 4.79 Å². The summed E-state index contributed by atoms with van der Waals surface area (Å²) in [7, 11) is 0. The lowest BCUT2D eigenvalue weighted by Gasteiger charge is -2.13. The summed E-state index contributed by atoms with van der Waals surface area (Å²) in [5, 5.41) is 5.41. The quantitative estimate of drug-likeness (QED) is 0.373. The zero-order valence-electron chi connectivity index (χ0n) is 16.7. The van der Waals surface area contributed by atoms with Crippen LogP contribution in [0.1, 0.15) is 15.9 Å². The van der Waals surface area contributed by atoms with E-state index in [9.17, 15) is 22.8 Å². The molecule has 168 valence electrons. The van der Waals surface area contributed by atoms with Gasteiger partial charge in [0.2, 0.25) is 0 Å². The number of hydrogen-bond donors (Lipinski definition) is 2. The number of hydrogen-bond acceptors (Lipinski definition) is 7. The number of fused-ring (bicyclic) bond motifs is 1. The molecule has 0 spiro atoms. The van der Waals surface area contributed by atoms with E-state index in [0.717, 1.165) is 23.9 Å². The van der Waals surface area contributed by atoms with Crippen LogP contribution in [0.2, 0.25) is 0 Å². The van der Waals surface area contributed by atoms with Gasteiger partial charge in [-0.05, 0) is 42.5 Å². The molecule has 4 rings (SSSR count). The van der Waals surface area contributed by atoms with Crippen LogP contribution < -0.4 is 10.6 Å². The van der Waals surface area contributed by atoms with Gasteiger partial charge in [0.1, 0.15) is 11.0 Å². The molecule has 0 radical (unpaired) electrons. The second-order valence-corrected chi connectivity index (χ2v) is 7.34. The van der Waals surface area contributed by atoms with Crippen LogP contribution in [0.15, 0.2) is 66.7 Å². The number of benzene rings is 3. The first kappa shape index (κ1) is 22.2. The van der Waals surface area contributed by atoms with Gasteiger partial charge in [0.15, 0.2) is 6.61 Å². The normalized spacial score (nSPS) is 11.2. The summed E-state index contributed by atoms with van der Waals surface area (Å²) in [6.45, 7) is -0.565. The summed E-state index contributed by atoms with van der Waals surface area (Å²) in [6.07, 6.45) is -4.50. The molecule has 0 bridgehead atoms. The van der Waals surface area contributed by atoms with Crippen molar-refractivity contribution in [2.45, 2.75) is 6.18 Å². The van der Waals surface area contributed by atoms with Gasteiger partial charge in [0.05, 0.1) is 34.2 Å². The summed E-state index contributed by atoms with van der Waals surface area (Å²) in [6, 6.07) is 15.8. The first-order chi connectivity index (χ1) is 15.8. The highest BCUT2D eigenvalue weighted by Gasteiger charge is 2.30. The van der Waals surface area contributed by atoms with Crippen molar-refractivity contribution in [3.05, 3.63) is 77.9 Å². The number of aromatic nitrogens is 2. The van der Waals surface area contributed by atoms with Crippen molar-refractivity contribution in [1.29, 1.82) is 0 Å². The minimum atomic E-state index is -4.50. The molecular formula is C22H15F3N4O3S. The van der Waals surface area contributed by atoms with Gasteiger partial charge < -0.3 is 15.4 Å². The van der Waals surface area contributed by atoms with Gasteiger partial charge in [-0.25, -0.2) is 4.79 Å². The number of nitrogens with one attached hydrogen (secondary N) is 2. The maximum absolute atomic E-state index is 13.0. The maximum Gasteiger partial charge on any atom is 0.416 e. The highest BCUT2D eigenvalue weighted by atomic mass is 32.1. The van der Waals surface area contributed by atoms with Gasteiger partial charge in [-0.2, -0.15) is 21.9 Å². The molecule has 0 saturated carbocycles. The first-order valence-corrected chi connectivity index (χ1v) is 10.3. The summed E-state index contributed by atoms with van der Waals surface area (Å²) >= 11 is 1.01. The molecule has 4 aromatic rings. The molecule has 1 amide bonds. The summed E-state index contributed by atoms with van der Waals surface area (Å²) < 4.78 is 52.2. The molecule has 0 fully saturated rings. The zero-order chi connectivity index (χ0) is 23.4. The number of ether oxygens (including phenoxy) is 1. The lowest BCUT2D eigenvalue weighted by molar-refractivity contribution is -0.137. The number of esters is 1. The fraction of sp³-hybridized carbons (Fsp3) is 0.0909. The van der Waals surface area contributed by atoms with Crippen LogP contribution in [-0.4, -0.2) is 27.2 Å². The molecule has 0 saturated heterocycles. The number of rotatable bonds is 6. The van der Waals surface area contributed by atoms with Crippen LogP contribution in [0.5, 0.6) is 0 Å². The Morgan fingerprint density at radius 2 is 1.70 bits per heavy atom. The van der Waals surface area contributed by atoms with Crippen molar-refractivity contribution in [3.8, 4) is 0 Å². The molecule has 3 aromatic carbocycles. The van der Waals surface area contributed by atoms with Gasteiger partial charge >= 0.3 is 12.1 Å². The summed E-state index contributed by atoms with van der Waals surface area (Å²) in [4.78, 5) is 24.8. The number of nitrogens with zero attached hydrogens (tertiary/aromatic N) is 2. The minimum Gasteiger partial charge on any atom is -0.452 e. The number of amides is 1. The van der Waals surface area contributed by atoms with E-state index < -0.39 is 30.2 Å². The van der Waals surface area contributed by atoms with E-state index >= 15 is 0 Å². The van der Waals surface area contributed by atoms with Crippen LogP contribution in [0.25, 0.3) is 11.0 Å². The van der Waals surface area contributed by atoms with E-state index in [0.29, 0.717) is 16.7 Å². The smallest absolute Gasteiger partial charge is 0.416 e. The van der Waals surface area contributed by atoms with Crippen molar-refractivity contribution < 1.29 is 27.5 Å². The summed E-state index contributed by atoms with van der Waals surface area (Å²) in [5.41, 5.74) is 1.22. The average molecular weight is 472 g/mol. The molecule has 0 aliphatic rings.